The summed E-state index contributed by atoms with van der Waals surface area (Å²) in [6.45, 7) is 6.19. The maximum absolute atomic E-state index is 12.9. The predicted molar refractivity (Wildman–Crippen MR) is 145 cm³/mol. The van der Waals surface area contributed by atoms with Gasteiger partial charge in [0.15, 0.2) is 11.0 Å². The zero-order valence-electron chi connectivity index (χ0n) is 20.5. The van der Waals surface area contributed by atoms with Crippen LogP contribution in [-0.4, -0.2) is 69.5 Å². The number of aromatic nitrogens is 4. The Labute approximate surface area is 215 Å². The third kappa shape index (κ3) is 5.42. The van der Waals surface area contributed by atoms with Gasteiger partial charge in [-0.25, -0.2) is 0 Å². The normalized spacial score (nSPS) is 14.1. The summed E-state index contributed by atoms with van der Waals surface area (Å²) < 4.78 is 1.96. The first-order valence-corrected chi connectivity index (χ1v) is 12.9. The predicted octanol–water partition coefficient (Wildman–Crippen LogP) is 4.12. The van der Waals surface area contributed by atoms with Crippen molar-refractivity contribution in [3.05, 3.63) is 78.6 Å². The van der Waals surface area contributed by atoms with Gasteiger partial charge in [0, 0.05) is 61.2 Å². The zero-order chi connectivity index (χ0) is 24.9. The molecule has 5 rings (SSSR count). The van der Waals surface area contributed by atoms with Crippen LogP contribution in [0.25, 0.3) is 17.1 Å². The molecule has 36 heavy (non-hydrogen) atoms. The van der Waals surface area contributed by atoms with Gasteiger partial charge in [-0.05, 0) is 62.0 Å². The number of likely N-dealkylation sites (N-methyl/N-ethyl adjacent to an activating group) is 1. The number of rotatable bonds is 7. The Morgan fingerprint density at radius 2 is 1.78 bits per heavy atom. The molecule has 1 aliphatic rings. The smallest absolute Gasteiger partial charge is 0.234 e. The minimum absolute atomic E-state index is 0.0824. The molecule has 0 unspecified atom stereocenters. The Bertz CT molecular complexity index is 1320. The third-order valence-electron chi connectivity index (χ3n) is 6.25. The van der Waals surface area contributed by atoms with Crippen LogP contribution in [0.4, 0.5) is 11.4 Å². The number of benzene rings is 2. The highest BCUT2D eigenvalue weighted by molar-refractivity contribution is 7.99. The minimum Gasteiger partial charge on any atom is -0.369 e. The SMILES string of the molecule is Cc1cc(N2CCN(C)CC2)ccc1NC(=O)CSc1nnc(-c2cccnc2)n1-c1ccccc1. The molecule has 1 aliphatic heterocycles. The number of amides is 1. The number of nitrogens with zero attached hydrogens (tertiary/aromatic N) is 6. The number of pyridine rings is 1. The van der Waals surface area contributed by atoms with Crippen molar-refractivity contribution in [3.8, 4) is 17.1 Å². The van der Waals surface area contributed by atoms with Crippen molar-refractivity contribution in [2.45, 2.75) is 12.1 Å². The van der Waals surface area contributed by atoms with Gasteiger partial charge in [0.2, 0.25) is 5.91 Å². The number of carbonyl (C=O) groups excluding carboxylic acids is 1. The number of carbonyl (C=O) groups is 1. The molecule has 8 nitrogen and oxygen atoms in total. The van der Waals surface area contributed by atoms with Crippen molar-refractivity contribution in [1.29, 1.82) is 0 Å². The Hall–Kier alpha value is -3.69. The van der Waals surface area contributed by atoms with Crippen molar-refractivity contribution in [3.63, 3.8) is 0 Å². The van der Waals surface area contributed by atoms with Gasteiger partial charge >= 0.3 is 0 Å². The van der Waals surface area contributed by atoms with E-state index in [0.717, 1.165) is 48.7 Å². The monoisotopic (exact) mass is 499 g/mol. The first-order chi connectivity index (χ1) is 17.6. The molecule has 2 aromatic carbocycles. The van der Waals surface area contributed by atoms with Crippen LogP contribution >= 0.6 is 11.8 Å². The van der Waals surface area contributed by atoms with Crippen LogP contribution in [0.15, 0.2) is 78.2 Å². The number of hydrogen-bond acceptors (Lipinski definition) is 7. The fourth-order valence-corrected chi connectivity index (χ4v) is 4.97. The second kappa shape index (κ2) is 10.9. The highest BCUT2D eigenvalue weighted by atomic mass is 32.2. The van der Waals surface area contributed by atoms with E-state index in [9.17, 15) is 4.79 Å². The van der Waals surface area contributed by atoms with Crippen molar-refractivity contribution in [2.75, 3.05) is 49.2 Å². The van der Waals surface area contributed by atoms with Crippen molar-refractivity contribution >= 4 is 29.0 Å². The lowest BCUT2D eigenvalue weighted by molar-refractivity contribution is -0.113. The molecule has 0 spiro atoms. The molecule has 1 N–H and O–H groups in total. The molecular formula is C27H29N7OS. The number of nitrogens with one attached hydrogen (secondary N) is 1. The fraction of sp³-hybridized carbons (Fsp3) is 0.259. The Morgan fingerprint density at radius 1 is 0.972 bits per heavy atom. The summed E-state index contributed by atoms with van der Waals surface area (Å²) in [5.74, 6) is 0.825. The summed E-state index contributed by atoms with van der Waals surface area (Å²) in [5, 5.41) is 12.5. The maximum Gasteiger partial charge on any atom is 0.234 e. The summed E-state index contributed by atoms with van der Waals surface area (Å²) in [6.07, 6.45) is 3.49. The summed E-state index contributed by atoms with van der Waals surface area (Å²) in [4.78, 5) is 21.8. The van der Waals surface area contributed by atoms with Crippen molar-refractivity contribution < 1.29 is 4.79 Å². The molecule has 184 valence electrons. The Kier molecular flexibility index (Phi) is 7.29. The molecule has 3 heterocycles. The van der Waals surface area contributed by atoms with E-state index in [1.807, 2.05) is 60.0 Å². The summed E-state index contributed by atoms with van der Waals surface area (Å²) in [7, 11) is 2.15. The molecule has 0 atom stereocenters. The molecule has 4 aromatic rings. The van der Waals surface area contributed by atoms with Gasteiger partial charge < -0.3 is 15.1 Å². The number of aryl methyl sites for hydroxylation is 1. The van der Waals surface area contributed by atoms with E-state index in [2.05, 4.69) is 49.5 Å². The Balaban J connectivity index is 1.28. The van der Waals surface area contributed by atoms with E-state index < -0.39 is 0 Å². The van der Waals surface area contributed by atoms with Gasteiger partial charge in [0.1, 0.15) is 0 Å². The average Bonchev–Trinajstić information content (AvgIpc) is 3.34. The van der Waals surface area contributed by atoms with Crippen LogP contribution in [-0.2, 0) is 4.79 Å². The molecule has 2 aromatic heterocycles. The second-order valence-corrected chi connectivity index (χ2v) is 9.79. The van der Waals surface area contributed by atoms with Gasteiger partial charge in [-0.3, -0.25) is 14.3 Å². The molecule has 0 bridgehead atoms. The van der Waals surface area contributed by atoms with Crippen LogP contribution in [0.2, 0.25) is 0 Å². The Morgan fingerprint density at radius 3 is 2.50 bits per heavy atom. The van der Waals surface area contributed by atoms with E-state index in [-0.39, 0.29) is 11.7 Å². The van der Waals surface area contributed by atoms with Crippen LogP contribution in [0.1, 0.15) is 5.56 Å². The first-order valence-electron chi connectivity index (χ1n) is 12.0. The molecule has 0 aliphatic carbocycles. The molecule has 0 saturated carbocycles. The van der Waals surface area contributed by atoms with Crippen LogP contribution < -0.4 is 10.2 Å². The number of piperazine rings is 1. The standard InChI is InChI=1S/C27H29N7OS/c1-20-17-23(33-15-13-32(2)14-16-33)10-11-24(20)29-25(35)19-36-27-31-30-26(21-7-6-12-28-18-21)34(27)22-8-4-3-5-9-22/h3-12,17-18H,13-16,19H2,1-2H3,(H,29,35). The summed E-state index contributed by atoms with van der Waals surface area (Å²) >= 11 is 1.36. The minimum atomic E-state index is -0.0824. The highest BCUT2D eigenvalue weighted by Crippen LogP contribution is 2.28. The molecular weight excluding hydrogens is 470 g/mol. The van der Waals surface area contributed by atoms with E-state index in [1.165, 1.54) is 17.4 Å². The molecule has 0 radical (unpaired) electrons. The lowest BCUT2D eigenvalue weighted by Crippen LogP contribution is -2.44. The quantitative estimate of drug-likeness (QED) is 0.383. The number of para-hydroxylation sites is 1. The number of hydrogen-bond donors (Lipinski definition) is 1. The maximum atomic E-state index is 12.9. The zero-order valence-corrected chi connectivity index (χ0v) is 21.3. The number of thioether (sulfide) groups is 1. The molecule has 1 fully saturated rings. The highest BCUT2D eigenvalue weighted by Gasteiger charge is 2.18. The first kappa shape index (κ1) is 24.0. The van der Waals surface area contributed by atoms with Crippen LogP contribution in [0.3, 0.4) is 0 Å². The lowest BCUT2D eigenvalue weighted by atomic mass is 10.1. The molecule has 1 saturated heterocycles. The van der Waals surface area contributed by atoms with E-state index in [1.54, 1.807) is 12.4 Å². The topological polar surface area (TPSA) is 79.2 Å². The van der Waals surface area contributed by atoms with Crippen LogP contribution in [0.5, 0.6) is 0 Å². The van der Waals surface area contributed by atoms with Crippen molar-refractivity contribution in [1.82, 2.24) is 24.6 Å². The van der Waals surface area contributed by atoms with Gasteiger partial charge in [0.25, 0.3) is 0 Å². The van der Waals surface area contributed by atoms with Crippen LogP contribution in [0, 0.1) is 6.92 Å². The fourth-order valence-electron chi connectivity index (χ4n) is 4.22. The van der Waals surface area contributed by atoms with Crippen molar-refractivity contribution in [2.24, 2.45) is 0 Å². The van der Waals surface area contributed by atoms with Gasteiger partial charge in [0.05, 0.1) is 5.75 Å². The van der Waals surface area contributed by atoms with Gasteiger partial charge in [-0.1, -0.05) is 30.0 Å². The lowest BCUT2D eigenvalue weighted by Gasteiger charge is -2.34. The van der Waals surface area contributed by atoms with E-state index in [0.29, 0.717) is 11.0 Å². The average molecular weight is 500 g/mol. The molecule has 1 amide bonds. The van der Waals surface area contributed by atoms with E-state index >= 15 is 0 Å². The van der Waals surface area contributed by atoms with E-state index in [4.69, 9.17) is 0 Å². The summed E-state index contributed by atoms with van der Waals surface area (Å²) in [5.41, 5.74) is 4.88. The summed E-state index contributed by atoms with van der Waals surface area (Å²) in [6, 6.07) is 20.0. The third-order valence-corrected chi connectivity index (χ3v) is 7.18. The van der Waals surface area contributed by atoms with Gasteiger partial charge in [-0.15, -0.1) is 10.2 Å². The largest absolute Gasteiger partial charge is 0.369 e. The second-order valence-electron chi connectivity index (χ2n) is 8.85. The number of anilines is 2. The molecule has 9 heteroatoms. The van der Waals surface area contributed by atoms with Gasteiger partial charge in [-0.2, -0.15) is 0 Å².